The summed E-state index contributed by atoms with van der Waals surface area (Å²) in [7, 11) is 3.21. The first-order valence-corrected chi connectivity index (χ1v) is 11.0. The van der Waals surface area contributed by atoms with E-state index in [4.69, 9.17) is 23.7 Å². The number of nitrogens with zero attached hydrogens (tertiary/aromatic N) is 4. The molecule has 0 spiro atoms. The Morgan fingerprint density at radius 3 is 2.65 bits per heavy atom. The predicted molar refractivity (Wildman–Crippen MR) is 118 cm³/mol. The van der Waals surface area contributed by atoms with Crippen molar-refractivity contribution in [2.75, 3.05) is 58.5 Å². The van der Waals surface area contributed by atoms with Gasteiger partial charge >= 0.3 is 0 Å². The highest BCUT2D eigenvalue weighted by Crippen LogP contribution is 2.40. The van der Waals surface area contributed by atoms with Gasteiger partial charge in [0.1, 0.15) is 21.7 Å². The van der Waals surface area contributed by atoms with Gasteiger partial charge in [-0.15, -0.1) is 0 Å². The quantitative estimate of drug-likeness (QED) is 0.522. The molecule has 166 valence electrons. The first-order valence-electron chi connectivity index (χ1n) is 10.2. The van der Waals surface area contributed by atoms with E-state index in [1.807, 2.05) is 12.1 Å². The maximum Gasteiger partial charge on any atom is 0.298 e. The van der Waals surface area contributed by atoms with Gasteiger partial charge in [0.05, 0.1) is 33.1 Å². The highest BCUT2D eigenvalue weighted by atomic mass is 32.1. The number of morpholine rings is 1. The average molecular weight is 447 g/mol. The average Bonchev–Trinajstić information content (AvgIpc) is 3.43. The van der Waals surface area contributed by atoms with E-state index in [1.54, 1.807) is 32.1 Å². The fraction of sp³-hybridized carbons (Fsp3) is 0.476. The standard InChI is InChI=1S/C21H26N4O5S/c1-14-13-17(30-23-14)20(26)25(8-4-7-24-9-11-29-12-10-24)21-22-18-15(27-2)5-6-16(28-3)19(18)31-21/h5-6,13H,4,7-12H2,1-3H3. The number of fused-ring (bicyclic) bond motifs is 1. The van der Waals surface area contributed by atoms with Crippen molar-refractivity contribution in [3.63, 3.8) is 0 Å². The molecule has 0 saturated carbocycles. The third-order valence-corrected chi connectivity index (χ3v) is 6.27. The van der Waals surface area contributed by atoms with Crippen LogP contribution in [-0.4, -0.2) is 74.6 Å². The molecule has 9 nitrogen and oxygen atoms in total. The number of rotatable bonds is 8. The minimum Gasteiger partial charge on any atom is -0.495 e. The smallest absolute Gasteiger partial charge is 0.298 e. The van der Waals surface area contributed by atoms with Crippen LogP contribution in [0.3, 0.4) is 0 Å². The molecule has 3 heterocycles. The van der Waals surface area contributed by atoms with E-state index >= 15 is 0 Å². The fourth-order valence-electron chi connectivity index (χ4n) is 3.55. The van der Waals surface area contributed by atoms with Crippen molar-refractivity contribution in [3.8, 4) is 11.5 Å². The summed E-state index contributed by atoms with van der Waals surface area (Å²) < 4.78 is 22.5. The molecule has 0 radical (unpaired) electrons. The Morgan fingerprint density at radius 2 is 1.97 bits per heavy atom. The minimum absolute atomic E-state index is 0.196. The Labute approximate surface area is 184 Å². The highest BCUT2D eigenvalue weighted by Gasteiger charge is 2.26. The van der Waals surface area contributed by atoms with Crippen molar-refractivity contribution in [1.82, 2.24) is 15.0 Å². The second kappa shape index (κ2) is 9.63. The van der Waals surface area contributed by atoms with Crippen LogP contribution in [0.5, 0.6) is 11.5 Å². The van der Waals surface area contributed by atoms with Gasteiger partial charge in [-0.05, 0) is 25.5 Å². The molecule has 31 heavy (non-hydrogen) atoms. The molecule has 1 amide bonds. The molecule has 0 unspecified atom stereocenters. The molecule has 0 atom stereocenters. The van der Waals surface area contributed by atoms with Gasteiger partial charge in [0.2, 0.25) is 5.76 Å². The van der Waals surface area contributed by atoms with Crippen molar-refractivity contribution in [2.24, 2.45) is 0 Å². The van der Waals surface area contributed by atoms with Gasteiger partial charge in [-0.1, -0.05) is 16.5 Å². The lowest BCUT2D eigenvalue weighted by molar-refractivity contribution is 0.0376. The molecule has 4 rings (SSSR count). The summed E-state index contributed by atoms with van der Waals surface area (Å²) in [5.74, 6) is 1.26. The van der Waals surface area contributed by atoms with Crippen LogP contribution < -0.4 is 14.4 Å². The number of hydrogen-bond donors (Lipinski definition) is 0. The van der Waals surface area contributed by atoms with Gasteiger partial charge in [0.25, 0.3) is 5.91 Å². The number of carbonyl (C=O) groups is 1. The molecule has 1 aliphatic rings. The third kappa shape index (κ3) is 4.65. The molecule has 0 bridgehead atoms. The summed E-state index contributed by atoms with van der Waals surface area (Å²) in [6, 6.07) is 5.30. The molecule has 2 aromatic heterocycles. The van der Waals surface area contributed by atoms with Crippen molar-refractivity contribution < 1.29 is 23.5 Å². The number of aromatic nitrogens is 2. The Hall–Kier alpha value is -2.69. The molecule has 1 aliphatic heterocycles. The van der Waals surface area contributed by atoms with Crippen molar-refractivity contribution in [2.45, 2.75) is 13.3 Å². The second-order valence-corrected chi connectivity index (χ2v) is 8.22. The Bertz CT molecular complexity index is 1000. The number of ether oxygens (including phenoxy) is 3. The first-order chi connectivity index (χ1) is 15.1. The van der Waals surface area contributed by atoms with Crippen LogP contribution in [0.4, 0.5) is 5.13 Å². The minimum atomic E-state index is -0.264. The van der Waals surface area contributed by atoms with E-state index in [1.165, 1.54) is 11.3 Å². The summed E-state index contributed by atoms with van der Waals surface area (Å²) in [6.45, 7) is 6.47. The van der Waals surface area contributed by atoms with Crippen LogP contribution in [0.15, 0.2) is 22.7 Å². The summed E-state index contributed by atoms with van der Waals surface area (Å²) >= 11 is 1.40. The molecule has 1 saturated heterocycles. The van der Waals surface area contributed by atoms with Gasteiger partial charge in [-0.3, -0.25) is 14.6 Å². The normalized spacial score (nSPS) is 14.7. The summed E-state index contributed by atoms with van der Waals surface area (Å²) in [4.78, 5) is 22.0. The van der Waals surface area contributed by atoms with Crippen LogP contribution in [0.2, 0.25) is 0 Å². The maximum atomic E-state index is 13.3. The SMILES string of the molecule is COc1ccc(OC)c2sc(N(CCCN3CCOCC3)C(=O)c3cc(C)no3)nc12. The maximum absolute atomic E-state index is 13.3. The number of carbonyl (C=O) groups excluding carboxylic acids is 1. The molecule has 0 aliphatic carbocycles. The van der Waals surface area contributed by atoms with Crippen LogP contribution in [0, 0.1) is 6.92 Å². The topological polar surface area (TPSA) is 90.2 Å². The highest BCUT2D eigenvalue weighted by molar-refractivity contribution is 7.22. The zero-order chi connectivity index (χ0) is 21.8. The lowest BCUT2D eigenvalue weighted by Crippen LogP contribution is -2.39. The van der Waals surface area contributed by atoms with Gasteiger partial charge in [0, 0.05) is 32.2 Å². The lowest BCUT2D eigenvalue weighted by Gasteiger charge is -2.27. The zero-order valence-electron chi connectivity index (χ0n) is 17.9. The van der Waals surface area contributed by atoms with E-state index in [0.717, 1.165) is 44.0 Å². The molecule has 1 aromatic carbocycles. The number of benzene rings is 1. The summed E-state index contributed by atoms with van der Waals surface area (Å²) in [5.41, 5.74) is 1.32. The van der Waals surface area contributed by atoms with Crippen LogP contribution in [0.25, 0.3) is 10.2 Å². The van der Waals surface area contributed by atoms with Gasteiger partial charge < -0.3 is 18.7 Å². The predicted octanol–water partition coefficient (Wildman–Crippen LogP) is 2.98. The number of aryl methyl sites for hydroxylation is 1. The van der Waals surface area contributed by atoms with Crippen molar-refractivity contribution in [3.05, 3.63) is 29.7 Å². The van der Waals surface area contributed by atoms with E-state index in [0.29, 0.717) is 34.4 Å². The molecule has 0 N–H and O–H groups in total. The number of hydrogen-bond acceptors (Lipinski definition) is 9. The monoisotopic (exact) mass is 446 g/mol. The van der Waals surface area contributed by atoms with Gasteiger partial charge in [-0.2, -0.15) is 0 Å². The van der Waals surface area contributed by atoms with Gasteiger partial charge in [-0.25, -0.2) is 4.98 Å². The summed E-state index contributed by atoms with van der Waals surface area (Å²) in [6.07, 6.45) is 0.795. The second-order valence-electron chi connectivity index (χ2n) is 7.24. The van der Waals surface area contributed by atoms with Crippen LogP contribution in [0.1, 0.15) is 22.7 Å². The van der Waals surface area contributed by atoms with Crippen LogP contribution in [-0.2, 0) is 4.74 Å². The van der Waals surface area contributed by atoms with Crippen molar-refractivity contribution in [1.29, 1.82) is 0 Å². The number of thiazole rings is 1. The molecule has 1 fully saturated rings. The number of methoxy groups -OCH3 is 2. The van der Waals surface area contributed by atoms with Crippen LogP contribution >= 0.6 is 11.3 Å². The molecule has 3 aromatic rings. The molecule has 10 heteroatoms. The molecular weight excluding hydrogens is 420 g/mol. The van der Waals surface area contributed by atoms with Crippen molar-refractivity contribution >= 4 is 32.6 Å². The first kappa shape index (κ1) is 21.5. The van der Waals surface area contributed by atoms with Gasteiger partial charge in [0.15, 0.2) is 5.13 Å². The lowest BCUT2D eigenvalue weighted by atomic mass is 10.3. The Morgan fingerprint density at radius 1 is 1.23 bits per heavy atom. The Balaban J connectivity index is 1.63. The fourth-order valence-corrected chi connectivity index (χ4v) is 4.65. The largest absolute Gasteiger partial charge is 0.495 e. The zero-order valence-corrected chi connectivity index (χ0v) is 18.7. The number of amides is 1. The van der Waals surface area contributed by atoms with E-state index in [-0.39, 0.29) is 11.7 Å². The van der Waals surface area contributed by atoms with E-state index in [2.05, 4.69) is 10.1 Å². The third-order valence-electron chi connectivity index (χ3n) is 5.17. The Kier molecular flexibility index (Phi) is 6.69. The van der Waals surface area contributed by atoms with E-state index < -0.39 is 0 Å². The summed E-state index contributed by atoms with van der Waals surface area (Å²) in [5, 5.41) is 4.43. The van der Waals surface area contributed by atoms with E-state index in [9.17, 15) is 4.79 Å². The number of anilines is 1. The molecular formula is C21H26N4O5S.